The maximum Gasteiger partial charge on any atom is 0.317 e. The highest BCUT2D eigenvalue weighted by molar-refractivity contribution is 5.74. The molecule has 1 fully saturated rings. The maximum absolute atomic E-state index is 12.4. The molecule has 1 aliphatic rings. The summed E-state index contributed by atoms with van der Waals surface area (Å²) in [5.74, 6) is 1.70. The first kappa shape index (κ1) is 19.9. The van der Waals surface area contributed by atoms with Gasteiger partial charge in [-0.05, 0) is 55.8 Å². The van der Waals surface area contributed by atoms with Crippen LogP contribution in [0.5, 0.6) is 11.5 Å². The normalized spacial score (nSPS) is 14.1. The van der Waals surface area contributed by atoms with E-state index >= 15 is 0 Å². The van der Waals surface area contributed by atoms with Crippen molar-refractivity contribution in [3.8, 4) is 11.5 Å². The maximum atomic E-state index is 12.4. The van der Waals surface area contributed by atoms with Crippen LogP contribution in [0.1, 0.15) is 19.4 Å². The van der Waals surface area contributed by atoms with Crippen LogP contribution in [0.4, 0.5) is 10.5 Å². The van der Waals surface area contributed by atoms with E-state index in [0.717, 1.165) is 35.8 Å². The Hall–Kier alpha value is -2.89. The number of rotatable bonds is 6. The van der Waals surface area contributed by atoms with Crippen LogP contribution in [-0.2, 0) is 6.54 Å². The number of ether oxygens (including phenoxy) is 2. The van der Waals surface area contributed by atoms with Crippen LogP contribution in [0, 0.1) is 0 Å². The second kappa shape index (κ2) is 9.35. The van der Waals surface area contributed by atoms with Crippen LogP contribution < -0.4 is 19.7 Å². The van der Waals surface area contributed by atoms with Gasteiger partial charge >= 0.3 is 6.03 Å². The molecule has 0 unspecified atom stereocenters. The lowest BCUT2D eigenvalue weighted by molar-refractivity contribution is 0.194. The third-order valence-electron chi connectivity index (χ3n) is 4.74. The molecule has 2 aromatic carbocycles. The highest BCUT2D eigenvalue weighted by Crippen LogP contribution is 2.21. The van der Waals surface area contributed by atoms with E-state index < -0.39 is 0 Å². The summed E-state index contributed by atoms with van der Waals surface area (Å²) in [5.41, 5.74) is 2.21. The van der Waals surface area contributed by atoms with Gasteiger partial charge in [0.2, 0.25) is 0 Å². The Bertz CT molecular complexity index is 752. The van der Waals surface area contributed by atoms with Gasteiger partial charge in [-0.2, -0.15) is 0 Å². The summed E-state index contributed by atoms with van der Waals surface area (Å²) in [7, 11) is 1.64. The Labute approximate surface area is 167 Å². The fourth-order valence-corrected chi connectivity index (χ4v) is 3.21. The highest BCUT2D eigenvalue weighted by Gasteiger charge is 2.21. The van der Waals surface area contributed by atoms with Crippen LogP contribution in [0.3, 0.4) is 0 Å². The number of carbonyl (C=O) groups excluding carboxylic acids is 1. The molecule has 6 nitrogen and oxygen atoms in total. The minimum atomic E-state index is -0.0175. The number of benzene rings is 2. The van der Waals surface area contributed by atoms with Crippen molar-refractivity contribution in [3.05, 3.63) is 54.1 Å². The second-order valence-corrected chi connectivity index (χ2v) is 7.14. The standard InChI is InChI=1S/C22H29N3O3/c1-17(2)28-21-10-6-19(7-11-21)24-12-14-25(15-13-24)22(26)23-16-18-4-8-20(27-3)9-5-18/h4-11,17H,12-16H2,1-3H3,(H,23,26). The first-order valence-electron chi connectivity index (χ1n) is 9.72. The monoisotopic (exact) mass is 383 g/mol. The summed E-state index contributed by atoms with van der Waals surface area (Å²) in [6.07, 6.45) is 0.172. The van der Waals surface area contributed by atoms with E-state index in [4.69, 9.17) is 9.47 Å². The number of carbonyl (C=O) groups is 1. The zero-order chi connectivity index (χ0) is 19.9. The molecule has 0 atom stereocenters. The van der Waals surface area contributed by atoms with E-state index in [9.17, 15) is 4.79 Å². The van der Waals surface area contributed by atoms with Gasteiger partial charge in [0, 0.05) is 38.4 Å². The van der Waals surface area contributed by atoms with Gasteiger partial charge in [0.05, 0.1) is 13.2 Å². The van der Waals surface area contributed by atoms with Gasteiger partial charge < -0.3 is 24.6 Å². The molecule has 150 valence electrons. The average molecular weight is 383 g/mol. The minimum Gasteiger partial charge on any atom is -0.497 e. The van der Waals surface area contributed by atoms with E-state index in [1.165, 1.54) is 0 Å². The number of anilines is 1. The molecular weight excluding hydrogens is 354 g/mol. The molecule has 1 heterocycles. The number of methoxy groups -OCH3 is 1. The Morgan fingerprint density at radius 3 is 2.14 bits per heavy atom. The van der Waals surface area contributed by atoms with E-state index in [1.54, 1.807) is 7.11 Å². The second-order valence-electron chi connectivity index (χ2n) is 7.14. The summed E-state index contributed by atoms with van der Waals surface area (Å²) < 4.78 is 10.8. The quantitative estimate of drug-likeness (QED) is 0.829. The number of nitrogens with one attached hydrogen (secondary N) is 1. The smallest absolute Gasteiger partial charge is 0.317 e. The molecule has 2 amide bonds. The number of urea groups is 1. The number of amides is 2. The van der Waals surface area contributed by atoms with Gasteiger partial charge in [-0.1, -0.05) is 12.1 Å². The fourth-order valence-electron chi connectivity index (χ4n) is 3.21. The third-order valence-corrected chi connectivity index (χ3v) is 4.74. The van der Waals surface area contributed by atoms with Crippen molar-refractivity contribution >= 4 is 11.7 Å². The van der Waals surface area contributed by atoms with E-state index in [0.29, 0.717) is 19.6 Å². The lowest BCUT2D eigenvalue weighted by atomic mass is 10.2. The van der Waals surface area contributed by atoms with E-state index in [2.05, 4.69) is 22.3 Å². The molecule has 0 bridgehead atoms. The van der Waals surface area contributed by atoms with Crippen LogP contribution in [0.25, 0.3) is 0 Å². The molecule has 0 aliphatic carbocycles. The van der Waals surface area contributed by atoms with E-state index in [-0.39, 0.29) is 12.1 Å². The zero-order valence-electron chi connectivity index (χ0n) is 16.9. The van der Waals surface area contributed by atoms with Gasteiger partial charge in [0.1, 0.15) is 11.5 Å². The molecule has 3 rings (SSSR count). The van der Waals surface area contributed by atoms with Crippen molar-refractivity contribution in [2.45, 2.75) is 26.5 Å². The van der Waals surface area contributed by atoms with Gasteiger partial charge in [-0.25, -0.2) is 4.79 Å². The summed E-state index contributed by atoms with van der Waals surface area (Å²) >= 11 is 0. The predicted molar refractivity (Wildman–Crippen MR) is 111 cm³/mol. The largest absolute Gasteiger partial charge is 0.497 e. The summed E-state index contributed by atoms with van der Waals surface area (Å²) in [6.45, 7) is 7.61. The topological polar surface area (TPSA) is 54.0 Å². The summed E-state index contributed by atoms with van der Waals surface area (Å²) in [4.78, 5) is 16.6. The average Bonchev–Trinajstić information content (AvgIpc) is 2.72. The first-order chi connectivity index (χ1) is 13.5. The van der Waals surface area contributed by atoms with Crippen LogP contribution in [-0.4, -0.2) is 50.3 Å². The van der Waals surface area contributed by atoms with Gasteiger partial charge in [0.15, 0.2) is 0 Å². The SMILES string of the molecule is COc1ccc(CNC(=O)N2CCN(c3ccc(OC(C)C)cc3)CC2)cc1. The minimum absolute atomic E-state index is 0.0175. The van der Waals surface area contributed by atoms with Crippen molar-refractivity contribution in [2.24, 2.45) is 0 Å². The lowest BCUT2D eigenvalue weighted by Crippen LogP contribution is -2.51. The molecule has 0 radical (unpaired) electrons. The number of piperazine rings is 1. The van der Waals surface area contributed by atoms with E-state index in [1.807, 2.05) is 55.1 Å². The third kappa shape index (κ3) is 5.31. The molecule has 1 aliphatic heterocycles. The molecule has 0 spiro atoms. The lowest BCUT2D eigenvalue weighted by Gasteiger charge is -2.36. The van der Waals surface area contributed by atoms with Crippen molar-refractivity contribution in [3.63, 3.8) is 0 Å². The molecule has 1 N–H and O–H groups in total. The molecule has 1 saturated heterocycles. The zero-order valence-corrected chi connectivity index (χ0v) is 16.9. The molecule has 2 aromatic rings. The highest BCUT2D eigenvalue weighted by atomic mass is 16.5. The predicted octanol–water partition coefficient (Wildman–Crippen LogP) is 3.51. The van der Waals surface area contributed by atoms with Gasteiger partial charge in [-0.15, -0.1) is 0 Å². The summed E-state index contributed by atoms with van der Waals surface area (Å²) in [5, 5.41) is 3.00. The van der Waals surface area contributed by atoms with Gasteiger partial charge in [-0.3, -0.25) is 0 Å². The van der Waals surface area contributed by atoms with Gasteiger partial charge in [0.25, 0.3) is 0 Å². The van der Waals surface area contributed by atoms with Crippen molar-refractivity contribution < 1.29 is 14.3 Å². The first-order valence-corrected chi connectivity index (χ1v) is 9.72. The van der Waals surface area contributed by atoms with Crippen LogP contribution in [0.2, 0.25) is 0 Å². The Morgan fingerprint density at radius 2 is 1.57 bits per heavy atom. The van der Waals surface area contributed by atoms with Crippen molar-refractivity contribution in [2.75, 3.05) is 38.2 Å². The van der Waals surface area contributed by atoms with Crippen molar-refractivity contribution in [1.29, 1.82) is 0 Å². The number of hydrogen-bond acceptors (Lipinski definition) is 4. The Balaban J connectivity index is 1.45. The fraction of sp³-hybridized carbons (Fsp3) is 0.409. The number of nitrogens with zero attached hydrogens (tertiary/aromatic N) is 2. The van der Waals surface area contributed by atoms with Crippen LogP contribution >= 0.6 is 0 Å². The molecule has 0 saturated carbocycles. The molecule has 0 aromatic heterocycles. The molecule has 28 heavy (non-hydrogen) atoms. The summed E-state index contributed by atoms with van der Waals surface area (Å²) in [6, 6.07) is 15.9. The Kier molecular flexibility index (Phi) is 6.63. The Morgan fingerprint density at radius 1 is 0.964 bits per heavy atom. The number of hydrogen-bond donors (Lipinski definition) is 1. The molecule has 6 heteroatoms. The van der Waals surface area contributed by atoms with Crippen molar-refractivity contribution in [1.82, 2.24) is 10.2 Å². The van der Waals surface area contributed by atoms with Crippen LogP contribution in [0.15, 0.2) is 48.5 Å². The molecular formula is C22H29N3O3.